The number of pyridine rings is 1. The van der Waals surface area contributed by atoms with Gasteiger partial charge in [-0.3, -0.25) is 48.5 Å². The second kappa shape index (κ2) is 25.2. The Morgan fingerprint density at radius 2 is 0.981 bits per heavy atom. The van der Waals surface area contributed by atoms with Crippen LogP contribution in [0.3, 0.4) is 0 Å². The Morgan fingerprint density at radius 3 is 1.34 bits per heavy atom. The number of nitrogens with zero attached hydrogens (tertiary/aromatic N) is 4. The van der Waals surface area contributed by atoms with E-state index in [1.807, 2.05) is 0 Å². The van der Waals surface area contributed by atoms with E-state index in [0.29, 0.717) is 11.4 Å². The molecule has 5 atom stereocenters. The Hall–Kier alpha value is -2.99. The van der Waals surface area contributed by atoms with Crippen LogP contribution in [0.2, 0.25) is 0 Å². The minimum Gasteiger partial charge on any atom is -0.481 e. The number of hydrogen-bond donors (Lipinski definition) is 10. The summed E-state index contributed by atoms with van der Waals surface area (Å²) >= 11 is 0. The van der Waals surface area contributed by atoms with Crippen molar-refractivity contribution in [3.8, 4) is 0 Å². The smallest absolute Gasteiger partial charge is 0.481 e. The summed E-state index contributed by atoms with van der Waals surface area (Å²) in [7, 11) is 0. The molecule has 20 nitrogen and oxygen atoms in total. The molecule has 53 heavy (non-hydrogen) atoms. The van der Waals surface area contributed by atoms with E-state index < -0.39 is 85.7 Å². The number of hydrogen-bond acceptors (Lipinski definition) is 14. The number of carbonyl (C=O) groups is 6. The Labute approximate surface area is 337 Å². The fourth-order valence-corrected chi connectivity index (χ4v) is 5.70. The second-order valence-electron chi connectivity index (χ2n) is 12.5. The predicted molar refractivity (Wildman–Crippen MR) is 178 cm³/mol. The van der Waals surface area contributed by atoms with Crippen molar-refractivity contribution in [1.82, 2.24) is 30.3 Å². The molecule has 21 heteroatoms. The minimum atomic E-state index is -1.35. The maximum absolute atomic E-state index is 12.6. The van der Waals surface area contributed by atoms with Crippen molar-refractivity contribution in [2.45, 2.75) is 81.9 Å². The fraction of sp³-hybridized carbons (Fsp3) is 0.656. The predicted octanol–water partition coefficient (Wildman–Crippen LogP) is -3.28. The van der Waals surface area contributed by atoms with Crippen molar-refractivity contribution in [2.24, 2.45) is 0 Å². The van der Waals surface area contributed by atoms with E-state index in [1.54, 1.807) is 18.2 Å². The standard InChI is InChI=1S/C32H50N6O14.Gd/c39-18-22(41)14-33-27(43)7-4-25(31(49)50)37-12-10-36(24(30(47)48)6-9-29(45)46)11-13-38(17-21-3-1-2-20(16-37)35-21)26(32(51)52)5-8-28(44)34-15-23(42)19-40;/h1-3,22-26,39-42H,4-19H2,(H,33,43)(H,34,44)(H,45,46)(H,47,48)(H,49,50)(H,51,52);/q;+3. The van der Waals surface area contributed by atoms with Crippen LogP contribution in [0.15, 0.2) is 18.2 Å². The molecule has 1 aromatic rings. The molecule has 1 aromatic heterocycles. The van der Waals surface area contributed by atoms with E-state index in [4.69, 9.17) is 10.2 Å². The summed E-state index contributed by atoms with van der Waals surface area (Å²) in [6, 6.07) is 1.03. The average Bonchev–Trinajstić information content (AvgIpc) is 3.08. The molecule has 0 spiro atoms. The first-order chi connectivity index (χ1) is 24.6. The van der Waals surface area contributed by atoms with Crippen molar-refractivity contribution in [3.63, 3.8) is 0 Å². The maximum atomic E-state index is 12.6. The summed E-state index contributed by atoms with van der Waals surface area (Å²) in [5.74, 6) is -6.26. The zero-order valence-corrected chi connectivity index (χ0v) is 31.4. The molecule has 2 heterocycles. The average molecular weight is 900 g/mol. The van der Waals surface area contributed by atoms with Crippen molar-refractivity contribution in [1.29, 1.82) is 0 Å². The number of aliphatic hydroxyl groups is 4. The molecule has 1 aliphatic rings. The number of aliphatic hydroxyl groups excluding tert-OH is 4. The summed E-state index contributed by atoms with van der Waals surface area (Å²) in [5, 5.41) is 81.7. The number of nitrogens with one attached hydrogen (secondary N) is 2. The van der Waals surface area contributed by atoms with Gasteiger partial charge < -0.3 is 51.5 Å². The van der Waals surface area contributed by atoms with E-state index in [2.05, 4.69) is 15.6 Å². The largest absolute Gasteiger partial charge is 3.00 e. The van der Waals surface area contributed by atoms with Crippen LogP contribution in [0.5, 0.6) is 0 Å². The van der Waals surface area contributed by atoms with E-state index in [9.17, 15) is 59.4 Å². The maximum Gasteiger partial charge on any atom is 3.00 e. The summed E-state index contributed by atoms with van der Waals surface area (Å²) in [6.07, 6.45) is -4.08. The third-order valence-corrected chi connectivity index (χ3v) is 8.53. The number of carbonyl (C=O) groups excluding carboxylic acids is 2. The summed E-state index contributed by atoms with van der Waals surface area (Å²) in [5.41, 5.74) is 0.779. The van der Waals surface area contributed by atoms with Crippen LogP contribution in [-0.2, 0) is 41.9 Å². The van der Waals surface area contributed by atoms with Gasteiger partial charge in [-0.1, -0.05) is 6.07 Å². The van der Waals surface area contributed by atoms with Gasteiger partial charge in [0.2, 0.25) is 11.8 Å². The third kappa shape index (κ3) is 17.8. The topological polar surface area (TPSA) is 311 Å². The second-order valence-corrected chi connectivity index (χ2v) is 12.5. The Balaban J connectivity index is 0.0000140. The molecular weight excluding hydrogens is 850 g/mol. The SMILES string of the molecule is O=C(O)CCC(C(=O)O)N1CCN(C(CCC(=O)NCC(O)CO)C(=O)O)Cc2cccc(n2)CN(C(CCC(=O)NCC(O)CO)C(=O)O)CC1.[Gd+3]. The number of rotatable bonds is 21. The van der Waals surface area contributed by atoms with E-state index in [-0.39, 0.29) is 124 Å². The number of fused-ring (bicyclic) bond motifs is 2. The molecule has 2 amide bonds. The monoisotopic (exact) mass is 900 g/mol. The van der Waals surface area contributed by atoms with E-state index >= 15 is 0 Å². The van der Waals surface area contributed by atoms with Crippen molar-refractivity contribution in [2.75, 3.05) is 52.5 Å². The minimum absolute atomic E-state index is 0. The molecule has 297 valence electrons. The van der Waals surface area contributed by atoms with Gasteiger partial charge in [0.1, 0.15) is 18.1 Å². The molecule has 0 saturated carbocycles. The van der Waals surface area contributed by atoms with Gasteiger partial charge in [-0.25, -0.2) is 0 Å². The van der Waals surface area contributed by atoms with Gasteiger partial charge in [0.15, 0.2) is 0 Å². The van der Waals surface area contributed by atoms with Crippen LogP contribution in [0, 0.1) is 39.9 Å². The van der Waals surface area contributed by atoms with Gasteiger partial charge >= 0.3 is 63.8 Å². The van der Waals surface area contributed by atoms with Gasteiger partial charge in [-0.2, -0.15) is 0 Å². The van der Waals surface area contributed by atoms with Crippen molar-refractivity contribution >= 4 is 35.7 Å². The van der Waals surface area contributed by atoms with Gasteiger partial charge in [0, 0.05) is 71.6 Å². The summed E-state index contributed by atoms with van der Waals surface area (Å²) < 4.78 is 0. The number of carboxylic acid groups (broad SMARTS) is 4. The van der Waals surface area contributed by atoms with E-state index in [0.717, 1.165) is 0 Å². The molecule has 10 N–H and O–H groups in total. The van der Waals surface area contributed by atoms with Crippen LogP contribution in [0.1, 0.15) is 49.9 Å². The van der Waals surface area contributed by atoms with Gasteiger partial charge in [0.05, 0.1) is 36.8 Å². The van der Waals surface area contributed by atoms with Crippen molar-refractivity contribution < 1.29 is 110 Å². The molecule has 1 aliphatic heterocycles. The molecule has 5 unspecified atom stereocenters. The van der Waals surface area contributed by atoms with Crippen molar-refractivity contribution in [3.05, 3.63) is 29.6 Å². The number of aromatic nitrogens is 1. The molecule has 0 aliphatic carbocycles. The normalized spacial score (nSPS) is 17.4. The molecule has 1 radical (unpaired) electrons. The van der Waals surface area contributed by atoms with Crippen LogP contribution in [0.25, 0.3) is 0 Å². The molecule has 0 fully saturated rings. The van der Waals surface area contributed by atoms with Gasteiger partial charge in [0.25, 0.3) is 0 Å². The quantitative estimate of drug-likeness (QED) is 0.0579. The first-order valence-electron chi connectivity index (χ1n) is 16.8. The molecule has 2 rings (SSSR count). The number of aliphatic carboxylic acids is 4. The van der Waals surface area contributed by atoms with Crippen LogP contribution >= 0.6 is 0 Å². The van der Waals surface area contributed by atoms with Crippen LogP contribution < -0.4 is 10.6 Å². The Kier molecular flexibility index (Phi) is 22.8. The van der Waals surface area contributed by atoms with Crippen LogP contribution in [0.4, 0.5) is 0 Å². The Morgan fingerprint density at radius 1 is 0.623 bits per heavy atom. The third-order valence-electron chi connectivity index (χ3n) is 8.53. The van der Waals surface area contributed by atoms with Gasteiger partial charge in [-0.15, -0.1) is 0 Å². The number of carboxylic acids is 4. The molecular formula is C32H50GdN6O14+3. The van der Waals surface area contributed by atoms with Crippen LogP contribution in [-0.4, -0.2) is 179 Å². The summed E-state index contributed by atoms with van der Waals surface area (Å²) in [4.78, 5) is 82.9. The molecule has 2 bridgehead atoms. The summed E-state index contributed by atoms with van der Waals surface area (Å²) in [6.45, 7) is -2.14. The zero-order valence-electron chi connectivity index (χ0n) is 29.1. The first-order valence-corrected chi connectivity index (χ1v) is 16.8. The molecule has 0 aromatic carbocycles. The fourth-order valence-electron chi connectivity index (χ4n) is 5.70. The first kappa shape index (κ1) is 48.0. The zero-order chi connectivity index (χ0) is 38.8. The van der Waals surface area contributed by atoms with E-state index in [1.165, 1.54) is 14.7 Å². The van der Waals surface area contributed by atoms with Gasteiger partial charge in [-0.05, 0) is 31.4 Å². The number of amides is 2. The Bertz CT molecular complexity index is 1280. The molecule has 0 saturated heterocycles.